The third-order valence-corrected chi connectivity index (χ3v) is 2.63. The Morgan fingerprint density at radius 2 is 2.22 bits per heavy atom. The van der Waals surface area contributed by atoms with Crippen LogP contribution in [0.5, 0.6) is 0 Å². The summed E-state index contributed by atoms with van der Waals surface area (Å²) in [6, 6.07) is 5.49. The van der Waals surface area contributed by atoms with Gasteiger partial charge in [0.1, 0.15) is 11.5 Å². The molecular formula is C12H11N5O. The average Bonchev–Trinajstić information content (AvgIpc) is 2.96. The molecule has 0 spiro atoms. The summed E-state index contributed by atoms with van der Waals surface area (Å²) < 4.78 is 0. The number of fused-ring (bicyclic) bond motifs is 1. The second kappa shape index (κ2) is 3.99. The number of aromatic nitrogens is 4. The predicted molar refractivity (Wildman–Crippen MR) is 67.4 cm³/mol. The van der Waals surface area contributed by atoms with E-state index in [9.17, 15) is 4.79 Å². The number of hydrogen-bond donors (Lipinski definition) is 3. The molecule has 0 unspecified atom stereocenters. The van der Waals surface area contributed by atoms with Crippen molar-refractivity contribution in [2.75, 3.05) is 5.32 Å². The van der Waals surface area contributed by atoms with Gasteiger partial charge in [-0.15, -0.1) is 0 Å². The van der Waals surface area contributed by atoms with Gasteiger partial charge < -0.3 is 15.3 Å². The van der Waals surface area contributed by atoms with Crippen LogP contribution in [0, 0.1) is 6.92 Å². The van der Waals surface area contributed by atoms with E-state index in [1.165, 1.54) is 6.20 Å². The highest BCUT2D eigenvalue weighted by Gasteiger charge is 2.09. The van der Waals surface area contributed by atoms with Gasteiger partial charge in [-0.2, -0.15) is 0 Å². The van der Waals surface area contributed by atoms with Crippen molar-refractivity contribution in [2.45, 2.75) is 6.92 Å². The highest BCUT2D eigenvalue weighted by atomic mass is 16.1. The number of aromatic amines is 2. The zero-order valence-corrected chi connectivity index (χ0v) is 9.69. The van der Waals surface area contributed by atoms with Gasteiger partial charge in [-0.25, -0.2) is 9.97 Å². The quantitative estimate of drug-likeness (QED) is 0.639. The van der Waals surface area contributed by atoms with Gasteiger partial charge >= 0.3 is 0 Å². The van der Waals surface area contributed by atoms with E-state index in [4.69, 9.17) is 0 Å². The summed E-state index contributed by atoms with van der Waals surface area (Å²) in [5, 5.41) is 2.80. The standard InChI is InChI=1S/C12H11N5O/c1-7-13-5-11(16-7)12(18)17-8-2-3-9-10(4-8)15-6-14-9/h2-6H,1H3,(H,13,16)(H,14,15)(H,17,18). The van der Waals surface area contributed by atoms with E-state index >= 15 is 0 Å². The molecule has 90 valence electrons. The predicted octanol–water partition coefficient (Wildman–Crippen LogP) is 1.85. The van der Waals surface area contributed by atoms with Gasteiger partial charge in [-0.3, -0.25) is 4.79 Å². The number of carbonyl (C=O) groups is 1. The zero-order valence-electron chi connectivity index (χ0n) is 9.69. The van der Waals surface area contributed by atoms with Gasteiger partial charge in [-0.05, 0) is 25.1 Å². The van der Waals surface area contributed by atoms with Crippen LogP contribution < -0.4 is 5.32 Å². The van der Waals surface area contributed by atoms with Crippen molar-refractivity contribution in [3.63, 3.8) is 0 Å². The average molecular weight is 241 g/mol. The number of nitrogens with one attached hydrogen (secondary N) is 3. The Kier molecular flexibility index (Phi) is 2.33. The third kappa shape index (κ3) is 1.84. The van der Waals surface area contributed by atoms with Gasteiger partial charge in [-0.1, -0.05) is 0 Å². The first-order chi connectivity index (χ1) is 8.72. The van der Waals surface area contributed by atoms with E-state index in [-0.39, 0.29) is 5.91 Å². The number of H-pyrrole nitrogens is 2. The molecule has 6 heteroatoms. The lowest BCUT2D eigenvalue weighted by atomic mass is 10.2. The topological polar surface area (TPSA) is 86.5 Å². The minimum absolute atomic E-state index is 0.213. The summed E-state index contributed by atoms with van der Waals surface area (Å²) in [6.45, 7) is 1.80. The monoisotopic (exact) mass is 241 g/mol. The van der Waals surface area contributed by atoms with Crippen LogP contribution in [0.25, 0.3) is 11.0 Å². The molecule has 1 amide bonds. The molecule has 18 heavy (non-hydrogen) atoms. The highest BCUT2D eigenvalue weighted by molar-refractivity contribution is 6.03. The van der Waals surface area contributed by atoms with Gasteiger partial charge in [0, 0.05) is 5.69 Å². The van der Waals surface area contributed by atoms with Crippen molar-refractivity contribution in [1.82, 2.24) is 19.9 Å². The second-order valence-corrected chi connectivity index (χ2v) is 3.97. The molecule has 0 atom stereocenters. The first kappa shape index (κ1) is 10.5. The Bertz CT molecular complexity index is 712. The SMILES string of the molecule is Cc1ncc(C(=O)Nc2ccc3nc[nH]c3c2)[nH]1. The van der Waals surface area contributed by atoms with Crippen LogP contribution in [-0.4, -0.2) is 25.8 Å². The van der Waals surface area contributed by atoms with Gasteiger partial charge in [0.15, 0.2) is 0 Å². The molecular weight excluding hydrogens is 230 g/mol. The maximum atomic E-state index is 11.9. The fourth-order valence-corrected chi connectivity index (χ4v) is 1.75. The van der Waals surface area contributed by atoms with Crippen LogP contribution in [0.1, 0.15) is 16.3 Å². The van der Waals surface area contributed by atoms with Crippen molar-refractivity contribution in [3.05, 3.63) is 42.2 Å². The van der Waals surface area contributed by atoms with Crippen LogP contribution in [0.4, 0.5) is 5.69 Å². The van der Waals surface area contributed by atoms with Crippen molar-refractivity contribution in [1.29, 1.82) is 0 Å². The summed E-state index contributed by atoms with van der Waals surface area (Å²) >= 11 is 0. The molecule has 0 bridgehead atoms. The van der Waals surface area contributed by atoms with E-state index in [2.05, 4.69) is 25.3 Å². The lowest BCUT2D eigenvalue weighted by Gasteiger charge is -2.03. The number of carbonyl (C=O) groups excluding carboxylic acids is 1. The highest BCUT2D eigenvalue weighted by Crippen LogP contribution is 2.16. The Balaban J connectivity index is 1.85. The molecule has 0 saturated carbocycles. The maximum absolute atomic E-state index is 11.9. The van der Waals surface area contributed by atoms with Gasteiger partial charge in [0.05, 0.1) is 23.6 Å². The normalized spacial score (nSPS) is 10.7. The molecule has 2 aromatic heterocycles. The Morgan fingerprint density at radius 3 is 3.00 bits per heavy atom. The molecule has 0 radical (unpaired) electrons. The first-order valence-corrected chi connectivity index (χ1v) is 5.48. The molecule has 1 aromatic carbocycles. The molecule has 0 saturated heterocycles. The fraction of sp³-hybridized carbons (Fsp3) is 0.0833. The number of anilines is 1. The minimum Gasteiger partial charge on any atom is -0.345 e. The van der Waals surface area contributed by atoms with Crippen molar-refractivity contribution in [3.8, 4) is 0 Å². The molecule has 2 heterocycles. The summed E-state index contributed by atoms with van der Waals surface area (Å²) in [6.07, 6.45) is 3.13. The molecule has 6 nitrogen and oxygen atoms in total. The minimum atomic E-state index is -0.213. The molecule has 0 aliphatic heterocycles. The van der Waals surface area contributed by atoms with Crippen molar-refractivity contribution in [2.24, 2.45) is 0 Å². The number of rotatable bonds is 2. The largest absolute Gasteiger partial charge is 0.345 e. The van der Waals surface area contributed by atoms with E-state index in [0.29, 0.717) is 17.2 Å². The zero-order chi connectivity index (χ0) is 12.5. The number of hydrogen-bond acceptors (Lipinski definition) is 3. The van der Waals surface area contributed by atoms with Crippen molar-refractivity contribution < 1.29 is 4.79 Å². The summed E-state index contributed by atoms with van der Waals surface area (Å²) in [7, 11) is 0. The fourth-order valence-electron chi connectivity index (χ4n) is 1.75. The van der Waals surface area contributed by atoms with Gasteiger partial charge in [0.2, 0.25) is 0 Å². The molecule has 3 rings (SSSR count). The number of imidazole rings is 2. The number of aryl methyl sites for hydroxylation is 1. The first-order valence-electron chi connectivity index (χ1n) is 5.48. The van der Waals surface area contributed by atoms with Crippen LogP contribution >= 0.6 is 0 Å². The van der Waals surface area contributed by atoms with Crippen LogP contribution in [0.15, 0.2) is 30.7 Å². The Labute approximate surface area is 102 Å². The number of nitrogens with zero attached hydrogens (tertiary/aromatic N) is 2. The van der Waals surface area contributed by atoms with Gasteiger partial charge in [0.25, 0.3) is 5.91 Å². The maximum Gasteiger partial charge on any atom is 0.273 e. The second-order valence-electron chi connectivity index (χ2n) is 3.97. The lowest BCUT2D eigenvalue weighted by Crippen LogP contribution is -2.12. The van der Waals surface area contributed by atoms with E-state index < -0.39 is 0 Å². The Hall–Kier alpha value is -2.63. The molecule has 0 fully saturated rings. The van der Waals surface area contributed by atoms with E-state index in [1.54, 1.807) is 13.3 Å². The summed E-state index contributed by atoms with van der Waals surface area (Å²) in [4.78, 5) is 25.9. The summed E-state index contributed by atoms with van der Waals surface area (Å²) in [5.74, 6) is 0.499. The summed E-state index contributed by atoms with van der Waals surface area (Å²) in [5.41, 5.74) is 2.90. The molecule has 3 aromatic rings. The molecule has 3 N–H and O–H groups in total. The van der Waals surface area contributed by atoms with Crippen LogP contribution in [-0.2, 0) is 0 Å². The van der Waals surface area contributed by atoms with Crippen LogP contribution in [0.2, 0.25) is 0 Å². The van der Waals surface area contributed by atoms with Crippen LogP contribution in [0.3, 0.4) is 0 Å². The van der Waals surface area contributed by atoms with Crippen molar-refractivity contribution >= 4 is 22.6 Å². The lowest BCUT2D eigenvalue weighted by molar-refractivity contribution is 0.102. The molecule has 0 aliphatic rings. The number of benzene rings is 1. The molecule has 0 aliphatic carbocycles. The Morgan fingerprint density at radius 1 is 1.33 bits per heavy atom. The smallest absolute Gasteiger partial charge is 0.273 e. The number of amides is 1. The van der Waals surface area contributed by atoms with E-state index in [0.717, 1.165) is 11.0 Å². The van der Waals surface area contributed by atoms with E-state index in [1.807, 2.05) is 18.2 Å². The third-order valence-electron chi connectivity index (χ3n) is 2.63.